The van der Waals surface area contributed by atoms with Gasteiger partial charge >= 0.3 is 5.97 Å². The first-order valence-corrected chi connectivity index (χ1v) is 8.64. The van der Waals surface area contributed by atoms with Gasteiger partial charge < -0.3 is 15.4 Å². The summed E-state index contributed by atoms with van der Waals surface area (Å²) >= 11 is 1.06. The molecule has 7 nitrogen and oxygen atoms in total. The van der Waals surface area contributed by atoms with Crippen LogP contribution in [-0.2, 0) is 19.4 Å². The molecule has 0 aliphatic carbocycles. The van der Waals surface area contributed by atoms with Gasteiger partial charge in [-0.25, -0.2) is 8.42 Å². The first kappa shape index (κ1) is 15.0. The Morgan fingerprint density at radius 2 is 2.30 bits per heavy atom. The van der Waals surface area contributed by atoms with Crippen molar-refractivity contribution in [1.29, 1.82) is 0 Å². The molecule has 0 saturated carbocycles. The molecule has 9 heteroatoms. The van der Waals surface area contributed by atoms with E-state index in [1.54, 1.807) is 6.92 Å². The Kier molecular flexibility index (Phi) is 4.19. The van der Waals surface area contributed by atoms with Gasteiger partial charge in [-0.2, -0.15) is 4.37 Å². The van der Waals surface area contributed by atoms with E-state index in [-0.39, 0.29) is 28.4 Å². The van der Waals surface area contributed by atoms with Gasteiger partial charge in [0.05, 0.1) is 18.8 Å². The number of nitrogens with zero attached hydrogens (tertiary/aromatic N) is 2. The van der Waals surface area contributed by atoms with Crippen LogP contribution in [0.3, 0.4) is 0 Å². The average Bonchev–Trinajstić information content (AvgIpc) is 3.04. The highest BCUT2D eigenvalue weighted by Crippen LogP contribution is 2.38. The number of sulfone groups is 1. The molecular formula is C11H17N3O4S2. The Hall–Kier alpha value is -1.35. The van der Waals surface area contributed by atoms with Crippen LogP contribution in [0.15, 0.2) is 4.90 Å². The zero-order chi connectivity index (χ0) is 14.9. The van der Waals surface area contributed by atoms with Crippen LogP contribution in [0, 0.1) is 5.92 Å². The maximum atomic E-state index is 12.1. The van der Waals surface area contributed by atoms with Crippen molar-refractivity contribution in [3.8, 4) is 0 Å². The lowest BCUT2D eigenvalue weighted by atomic mass is 10.1. The zero-order valence-electron chi connectivity index (χ0n) is 11.3. The van der Waals surface area contributed by atoms with Crippen molar-refractivity contribution in [3.63, 3.8) is 0 Å². The van der Waals surface area contributed by atoms with Crippen molar-refractivity contribution in [2.45, 2.75) is 18.2 Å². The second kappa shape index (κ2) is 5.57. The lowest BCUT2D eigenvalue weighted by Crippen LogP contribution is -2.24. The molecule has 1 aromatic rings. The first-order valence-electron chi connectivity index (χ1n) is 6.21. The van der Waals surface area contributed by atoms with Gasteiger partial charge in [0.2, 0.25) is 0 Å². The Balaban J connectivity index is 2.30. The van der Waals surface area contributed by atoms with E-state index in [2.05, 4.69) is 4.37 Å². The Bertz CT molecular complexity index is 611. The predicted octanol–water partition coefficient (Wildman–Crippen LogP) is 0.518. The molecule has 2 N–H and O–H groups in total. The number of aromatic nitrogens is 1. The Morgan fingerprint density at radius 1 is 1.60 bits per heavy atom. The molecule has 0 bridgehead atoms. The van der Waals surface area contributed by atoms with Crippen molar-refractivity contribution >= 4 is 38.2 Å². The van der Waals surface area contributed by atoms with Crippen LogP contribution in [-0.4, -0.2) is 44.7 Å². The van der Waals surface area contributed by atoms with Gasteiger partial charge in [-0.05, 0) is 18.0 Å². The molecule has 112 valence electrons. The zero-order valence-corrected chi connectivity index (χ0v) is 13.0. The van der Waals surface area contributed by atoms with E-state index in [9.17, 15) is 13.2 Å². The summed E-state index contributed by atoms with van der Waals surface area (Å²) in [5.74, 6) is -0.504. The van der Waals surface area contributed by atoms with Crippen LogP contribution >= 0.6 is 11.5 Å². The monoisotopic (exact) mass is 319 g/mol. The first-order chi connectivity index (χ1) is 9.40. The SMILES string of the molecule is CCS(=O)(=O)c1c(N)nsc1N1CCC(C(=O)OC)C1. The molecule has 0 aromatic carbocycles. The second-order valence-corrected chi connectivity index (χ2v) is 7.53. The van der Waals surface area contributed by atoms with E-state index in [1.807, 2.05) is 4.90 Å². The summed E-state index contributed by atoms with van der Waals surface area (Å²) < 4.78 is 32.9. The van der Waals surface area contributed by atoms with Crippen molar-refractivity contribution in [3.05, 3.63) is 0 Å². The molecule has 0 amide bonds. The fourth-order valence-corrected chi connectivity index (χ4v) is 4.57. The summed E-state index contributed by atoms with van der Waals surface area (Å²) in [7, 11) is -2.08. The standard InChI is InChI=1S/C11H17N3O4S2/c1-3-20(16,17)8-9(12)13-19-10(8)14-5-4-7(6-14)11(15)18-2/h7H,3-6H2,1-2H3,(H2,12,13). The molecule has 0 spiro atoms. The van der Waals surface area contributed by atoms with E-state index >= 15 is 0 Å². The number of carbonyl (C=O) groups excluding carboxylic acids is 1. The summed E-state index contributed by atoms with van der Waals surface area (Å²) in [6.07, 6.45) is 0.635. The summed E-state index contributed by atoms with van der Waals surface area (Å²) in [6, 6.07) is 0. The van der Waals surface area contributed by atoms with Crippen LogP contribution < -0.4 is 10.6 Å². The average molecular weight is 319 g/mol. The highest BCUT2D eigenvalue weighted by molar-refractivity contribution is 7.91. The molecule has 1 unspecified atom stereocenters. The fourth-order valence-electron chi connectivity index (χ4n) is 2.23. The number of methoxy groups -OCH3 is 1. The number of rotatable bonds is 4. The molecule has 2 rings (SSSR count). The highest BCUT2D eigenvalue weighted by atomic mass is 32.2. The molecule has 1 aliphatic heterocycles. The molecular weight excluding hydrogens is 302 g/mol. The van der Waals surface area contributed by atoms with Gasteiger partial charge in [0.15, 0.2) is 15.7 Å². The topological polar surface area (TPSA) is 103 Å². The number of carbonyl (C=O) groups is 1. The number of nitrogen functional groups attached to an aromatic ring is 1. The van der Waals surface area contributed by atoms with E-state index in [1.165, 1.54) is 7.11 Å². The van der Waals surface area contributed by atoms with Crippen LogP contribution in [0.1, 0.15) is 13.3 Å². The minimum absolute atomic E-state index is 0.0309. The molecule has 1 saturated heterocycles. The molecule has 1 aliphatic rings. The summed E-state index contributed by atoms with van der Waals surface area (Å²) in [6.45, 7) is 2.59. The predicted molar refractivity (Wildman–Crippen MR) is 76.6 cm³/mol. The van der Waals surface area contributed by atoms with Crippen molar-refractivity contribution in [2.75, 3.05) is 36.6 Å². The van der Waals surface area contributed by atoms with E-state index in [0.29, 0.717) is 24.5 Å². The number of hydrogen-bond acceptors (Lipinski definition) is 8. The third-order valence-electron chi connectivity index (χ3n) is 3.36. The van der Waals surface area contributed by atoms with Gasteiger partial charge in [-0.15, -0.1) is 0 Å². The minimum atomic E-state index is -3.43. The Morgan fingerprint density at radius 3 is 2.90 bits per heavy atom. The van der Waals surface area contributed by atoms with E-state index < -0.39 is 9.84 Å². The summed E-state index contributed by atoms with van der Waals surface area (Å²) in [5.41, 5.74) is 5.69. The second-order valence-electron chi connectivity index (χ2n) is 4.56. The van der Waals surface area contributed by atoms with Gasteiger partial charge in [0.1, 0.15) is 9.90 Å². The lowest BCUT2D eigenvalue weighted by molar-refractivity contribution is -0.144. The maximum Gasteiger partial charge on any atom is 0.310 e. The van der Waals surface area contributed by atoms with Gasteiger partial charge in [-0.1, -0.05) is 6.92 Å². The third-order valence-corrected chi connectivity index (χ3v) is 6.20. The minimum Gasteiger partial charge on any atom is -0.469 e. The normalized spacial score (nSPS) is 19.3. The van der Waals surface area contributed by atoms with Crippen molar-refractivity contribution < 1.29 is 17.9 Å². The van der Waals surface area contributed by atoms with Crippen LogP contribution in [0.4, 0.5) is 10.8 Å². The molecule has 1 atom stereocenters. The van der Waals surface area contributed by atoms with E-state index in [4.69, 9.17) is 10.5 Å². The van der Waals surface area contributed by atoms with Crippen LogP contribution in [0.2, 0.25) is 0 Å². The third kappa shape index (κ3) is 2.59. The quantitative estimate of drug-likeness (QED) is 0.807. The fraction of sp³-hybridized carbons (Fsp3) is 0.636. The molecule has 1 fully saturated rings. The van der Waals surface area contributed by atoms with Crippen LogP contribution in [0.5, 0.6) is 0 Å². The number of ether oxygens (including phenoxy) is 1. The van der Waals surface area contributed by atoms with Gasteiger partial charge in [0.25, 0.3) is 0 Å². The molecule has 0 radical (unpaired) electrons. The summed E-state index contributed by atoms with van der Waals surface area (Å²) in [5, 5.41) is 0.524. The smallest absolute Gasteiger partial charge is 0.310 e. The van der Waals surface area contributed by atoms with Crippen LogP contribution in [0.25, 0.3) is 0 Å². The van der Waals surface area contributed by atoms with Crippen molar-refractivity contribution in [2.24, 2.45) is 5.92 Å². The maximum absolute atomic E-state index is 12.1. The summed E-state index contributed by atoms with van der Waals surface area (Å²) in [4.78, 5) is 13.5. The van der Waals surface area contributed by atoms with E-state index in [0.717, 1.165) is 11.5 Å². The van der Waals surface area contributed by atoms with Gasteiger partial charge in [-0.3, -0.25) is 4.79 Å². The van der Waals surface area contributed by atoms with Crippen molar-refractivity contribution in [1.82, 2.24) is 4.37 Å². The lowest BCUT2D eigenvalue weighted by Gasteiger charge is -2.17. The largest absolute Gasteiger partial charge is 0.469 e. The number of hydrogen-bond donors (Lipinski definition) is 1. The molecule has 20 heavy (non-hydrogen) atoms. The number of esters is 1. The molecule has 2 heterocycles. The highest BCUT2D eigenvalue weighted by Gasteiger charge is 2.34. The van der Waals surface area contributed by atoms with Gasteiger partial charge in [0, 0.05) is 13.1 Å². The molecule has 1 aromatic heterocycles. The number of nitrogens with two attached hydrogens (primary N) is 1. The Labute approximate surface area is 121 Å². The number of anilines is 2.